The summed E-state index contributed by atoms with van der Waals surface area (Å²) in [6.07, 6.45) is 0. The number of aryl methyl sites for hydroxylation is 1. The number of carbonyl (C=O) groups excluding carboxylic acids is 1. The summed E-state index contributed by atoms with van der Waals surface area (Å²) in [6.45, 7) is 2.19. The highest BCUT2D eigenvalue weighted by Crippen LogP contribution is 2.43. The van der Waals surface area contributed by atoms with E-state index in [1.54, 1.807) is 36.4 Å². The van der Waals surface area contributed by atoms with Crippen LogP contribution < -0.4 is 5.32 Å². The molecule has 3 aromatic rings. The van der Waals surface area contributed by atoms with Crippen LogP contribution in [0.4, 0.5) is 0 Å². The number of hydrogen-bond acceptors (Lipinski definition) is 5. The third kappa shape index (κ3) is 3.36. The van der Waals surface area contributed by atoms with E-state index in [-0.39, 0.29) is 17.4 Å². The molecule has 1 aliphatic rings. The van der Waals surface area contributed by atoms with Gasteiger partial charge >= 0.3 is 0 Å². The van der Waals surface area contributed by atoms with E-state index in [0.717, 1.165) is 16.0 Å². The predicted molar refractivity (Wildman–Crippen MR) is 105 cm³/mol. The molecule has 0 atom stereocenters. The van der Waals surface area contributed by atoms with Gasteiger partial charge < -0.3 is 10.4 Å². The molecule has 0 fully saturated rings. The van der Waals surface area contributed by atoms with Gasteiger partial charge in [0, 0.05) is 17.0 Å². The van der Waals surface area contributed by atoms with Gasteiger partial charge in [0.05, 0.1) is 15.5 Å². The largest absolute Gasteiger partial charge is 0.508 e. The lowest BCUT2D eigenvalue weighted by molar-refractivity contribution is 0.0955. The van der Waals surface area contributed by atoms with Gasteiger partial charge in [-0.05, 0) is 47.9 Å². The monoisotopic (exact) mass is 399 g/mol. The van der Waals surface area contributed by atoms with Crippen molar-refractivity contribution in [2.24, 2.45) is 0 Å². The van der Waals surface area contributed by atoms with E-state index in [1.807, 2.05) is 19.1 Å². The fraction of sp³-hybridized carbons (Fsp3) is 0.150. The Morgan fingerprint density at radius 2 is 1.89 bits per heavy atom. The lowest BCUT2D eigenvalue weighted by Gasteiger charge is -2.17. The summed E-state index contributed by atoms with van der Waals surface area (Å²) in [5.41, 5.74) is 3.10. The Balaban J connectivity index is 1.62. The van der Waals surface area contributed by atoms with Gasteiger partial charge in [-0.15, -0.1) is 11.3 Å². The number of hydrogen-bond donors (Lipinski definition) is 2. The molecule has 2 N–H and O–H groups in total. The number of aromatic hydroxyl groups is 1. The van der Waals surface area contributed by atoms with E-state index in [2.05, 4.69) is 5.32 Å². The molecule has 4 rings (SSSR count). The average molecular weight is 399 g/mol. The minimum atomic E-state index is -3.40. The van der Waals surface area contributed by atoms with E-state index >= 15 is 0 Å². The number of phenols is 1. The van der Waals surface area contributed by atoms with E-state index in [9.17, 15) is 18.3 Å². The van der Waals surface area contributed by atoms with Crippen LogP contribution in [0.2, 0.25) is 0 Å². The first kappa shape index (κ1) is 17.8. The molecule has 1 aromatic heterocycles. The number of rotatable bonds is 3. The Kier molecular flexibility index (Phi) is 4.28. The van der Waals surface area contributed by atoms with Gasteiger partial charge in [0.25, 0.3) is 5.91 Å². The predicted octanol–water partition coefficient (Wildman–Crippen LogP) is 3.65. The van der Waals surface area contributed by atoms with Crippen molar-refractivity contribution >= 4 is 27.1 Å². The second-order valence-electron chi connectivity index (χ2n) is 6.57. The minimum Gasteiger partial charge on any atom is -0.508 e. The standard InChI is InChI=1S/C20H17NO4S2/c1-12-2-7-16-18(8-12)27(24,25)11-14-9-17(26-19(14)16)20(23)21-10-13-3-5-15(22)6-4-13/h2-9,22H,10-11H2,1H3,(H,21,23). The van der Waals surface area contributed by atoms with Gasteiger partial charge in [0.2, 0.25) is 0 Å². The van der Waals surface area contributed by atoms with Crippen molar-refractivity contribution in [3.63, 3.8) is 0 Å². The van der Waals surface area contributed by atoms with Crippen molar-refractivity contribution in [3.05, 3.63) is 70.1 Å². The number of carbonyl (C=O) groups is 1. The van der Waals surface area contributed by atoms with Gasteiger partial charge in [-0.3, -0.25) is 4.79 Å². The maximum absolute atomic E-state index is 12.6. The molecule has 2 aromatic carbocycles. The molecule has 138 valence electrons. The summed E-state index contributed by atoms with van der Waals surface area (Å²) >= 11 is 1.31. The maximum atomic E-state index is 12.6. The molecule has 0 aliphatic carbocycles. The van der Waals surface area contributed by atoms with Crippen LogP contribution in [0, 0.1) is 6.92 Å². The topological polar surface area (TPSA) is 83.5 Å². The fourth-order valence-corrected chi connectivity index (χ4v) is 6.07. The summed E-state index contributed by atoms with van der Waals surface area (Å²) in [5, 5.41) is 12.1. The Hall–Kier alpha value is -2.64. The lowest BCUT2D eigenvalue weighted by atomic mass is 10.1. The zero-order valence-electron chi connectivity index (χ0n) is 14.5. The average Bonchev–Trinajstić information content (AvgIpc) is 3.04. The van der Waals surface area contributed by atoms with E-state index in [1.165, 1.54) is 11.3 Å². The highest BCUT2D eigenvalue weighted by Gasteiger charge is 2.30. The number of phenolic OH excluding ortho intramolecular Hbond substituents is 1. The Morgan fingerprint density at radius 3 is 2.63 bits per heavy atom. The van der Waals surface area contributed by atoms with Crippen LogP contribution in [0.3, 0.4) is 0 Å². The zero-order chi connectivity index (χ0) is 19.2. The van der Waals surface area contributed by atoms with Crippen molar-refractivity contribution in [3.8, 4) is 16.2 Å². The first-order valence-corrected chi connectivity index (χ1v) is 10.8. The second kappa shape index (κ2) is 6.51. The van der Waals surface area contributed by atoms with Crippen LogP contribution in [0.5, 0.6) is 5.75 Å². The van der Waals surface area contributed by atoms with Gasteiger partial charge in [-0.2, -0.15) is 0 Å². The van der Waals surface area contributed by atoms with Gasteiger partial charge in [0.15, 0.2) is 9.84 Å². The Morgan fingerprint density at radius 1 is 1.15 bits per heavy atom. The van der Waals surface area contributed by atoms with Crippen molar-refractivity contribution in [1.82, 2.24) is 5.32 Å². The number of benzene rings is 2. The van der Waals surface area contributed by atoms with E-state index in [4.69, 9.17) is 0 Å². The molecule has 0 saturated heterocycles. The van der Waals surface area contributed by atoms with Crippen LogP contribution in [0.1, 0.15) is 26.4 Å². The van der Waals surface area contributed by atoms with Crippen LogP contribution >= 0.6 is 11.3 Å². The summed E-state index contributed by atoms with van der Waals surface area (Å²) in [7, 11) is -3.40. The number of amides is 1. The molecular weight excluding hydrogens is 382 g/mol. The Bertz CT molecular complexity index is 1150. The third-order valence-corrected chi connectivity index (χ3v) is 7.39. The zero-order valence-corrected chi connectivity index (χ0v) is 16.2. The number of thiophene rings is 1. The van der Waals surface area contributed by atoms with Crippen molar-refractivity contribution in [2.45, 2.75) is 24.1 Å². The number of sulfone groups is 1. The van der Waals surface area contributed by atoms with Gasteiger partial charge in [-0.1, -0.05) is 24.3 Å². The first-order chi connectivity index (χ1) is 12.8. The van der Waals surface area contributed by atoms with Crippen LogP contribution in [0.15, 0.2) is 53.4 Å². The molecular formula is C20H17NO4S2. The Labute approximate surface area is 161 Å². The lowest BCUT2D eigenvalue weighted by Crippen LogP contribution is -2.21. The first-order valence-electron chi connectivity index (χ1n) is 8.36. The van der Waals surface area contributed by atoms with Crippen molar-refractivity contribution < 1.29 is 18.3 Å². The second-order valence-corrected chi connectivity index (χ2v) is 9.58. The molecule has 0 unspecified atom stereocenters. The van der Waals surface area contributed by atoms with E-state index in [0.29, 0.717) is 27.4 Å². The van der Waals surface area contributed by atoms with Crippen LogP contribution in [-0.4, -0.2) is 19.4 Å². The number of nitrogens with one attached hydrogen (secondary N) is 1. The summed E-state index contributed by atoms with van der Waals surface area (Å²) < 4.78 is 25.2. The SMILES string of the molecule is Cc1ccc2c(c1)S(=O)(=O)Cc1cc(C(=O)NCc3ccc(O)cc3)sc1-2. The van der Waals surface area contributed by atoms with Crippen molar-refractivity contribution in [1.29, 1.82) is 0 Å². The normalized spacial score (nSPS) is 14.3. The van der Waals surface area contributed by atoms with Crippen LogP contribution in [0.25, 0.3) is 10.4 Å². The summed E-state index contributed by atoms with van der Waals surface area (Å²) in [6, 6.07) is 13.7. The number of fused-ring (bicyclic) bond motifs is 3. The van der Waals surface area contributed by atoms with Crippen molar-refractivity contribution in [2.75, 3.05) is 0 Å². The molecule has 7 heteroatoms. The molecule has 0 spiro atoms. The molecule has 1 aliphatic heterocycles. The smallest absolute Gasteiger partial charge is 0.261 e. The summed E-state index contributed by atoms with van der Waals surface area (Å²) in [5.74, 6) is -0.153. The molecule has 27 heavy (non-hydrogen) atoms. The van der Waals surface area contributed by atoms with E-state index < -0.39 is 9.84 Å². The molecule has 2 heterocycles. The molecule has 0 bridgehead atoms. The van der Waals surface area contributed by atoms with Crippen LogP contribution in [-0.2, 0) is 22.1 Å². The molecule has 1 amide bonds. The molecule has 0 saturated carbocycles. The van der Waals surface area contributed by atoms with Gasteiger partial charge in [0.1, 0.15) is 5.75 Å². The fourth-order valence-electron chi connectivity index (χ4n) is 3.12. The summed E-state index contributed by atoms with van der Waals surface area (Å²) in [4.78, 5) is 14.2. The quantitative estimate of drug-likeness (QED) is 0.704. The maximum Gasteiger partial charge on any atom is 0.261 e. The third-order valence-electron chi connectivity index (χ3n) is 4.48. The molecule has 5 nitrogen and oxygen atoms in total. The van der Waals surface area contributed by atoms with Gasteiger partial charge in [-0.25, -0.2) is 8.42 Å². The minimum absolute atomic E-state index is 0.0828. The highest BCUT2D eigenvalue weighted by molar-refractivity contribution is 7.91. The molecule has 0 radical (unpaired) electrons. The highest BCUT2D eigenvalue weighted by atomic mass is 32.2.